The SMILES string of the molecule is CC(C)(C)c1cn(C2CC3CCC(C2)N3C(=O)Cc2c(F)cccc2Cl)nn1. The van der Waals surface area contributed by atoms with Gasteiger partial charge in [0.25, 0.3) is 0 Å². The average molecular weight is 405 g/mol. The summed E-state index contributed by atoms with van der Waals surface area (Å²) < 4.78 is 16.1. The molecule has 2 bridgehead atoms. The van der Waals surface area contributed by atoms with Gasteiger partial charge in [-0.05, 0) is 37.8 Å². The Morgan fingerprint density at radius 1 is 1.21 bits per heavy atom. The number of benzene rings is 1. The second-order valence-electron chi connectivity index (χ2n) is 9.02. The highest BCUT2D eigenvalue weighted by molar-refractivity contribution is 6.31. The Labute approximate surface area is 169 Å². The first-order chi connectivity index (χ1) is 13.2. The topological polar surface area (TPSA) is 51.0 Å². The highest BCUT2D eigenvalue weighted by Crippen LogP contribution is 2.41. The second kappa shape index (κ2) is 7.14. The molecule has 2 saturated heterocycles. The number of carbonyl (C=O) groups is 1. The van der Waals surface area contributed by atoms with E-state index in [1.165, 1.54) is 6.07 Å². The van der Waals surface area contributed by atoms with E-state index in [1.54, 1.807) is 12.1 Å². The number of fused-ring (bicyclic) bond motifs is 2. The number of aromatic nitrogens is 3. The van der Waals surface area contributed by atoms with Gasteiger partial charge in [-0.3, -0.25) is 4.79 Å². The van der Waals surface area contributed by atoms with E-state index in [1.807, 2.05) is 15.8 Å². The third-order valence-electron chi connectivity index (χ3n) is 6.04. The minimum absolute atomic E-state index is 0.0146. The van der Waals surface area contributed by atoms with Crippen LogP contribution in [-0.2, 0) is 16.6 Å². The Bertz CT molecular complexity index is 857. The van der Waals surface area contributed by atoms with E-state index < -0.39 is 5.82 Å². The number of hydrogen-bond donors (Lipinski definition) is 0. The van der Waals surface area contributed by atoms with Crippen LogP contribution in [-0.4, -0.2) is 37.9 Å². The lowest BCUT2D eigenvalue weighted by Gasteiger charge is -2.39. The van der Waals surface area contributed by atoms with Gasteiger partial charge in [-0.2, -0.15) is 0 Å². The molecule has 0 N–H and O–H groups in total. The fourth-order valence-electron chi connectivity index (χ4n) is 4.51. The Hall–Kier alpha value is -1.95. The quantitative estimate of drug-likeness (QED) is 0.766. The third kappa shape index (κ3) is 3.54. The minimum atomic E-state index is -0.416. The van der Waals surface area contributed by atoms with Gasteiger partial charge in [0.15, 0.2) is 0 Å². The number of piperidine rings is 1. The molecule has 0 radical (unpaired) electrons. The van der Waals surface area contributed by atoms with Crippen molar-refractivity contribution in [2.24, 2.45) is 0 Å². The van der Waals surface area contributed by atoms with Gasteiger partial charge < -0.3 is 4.90 Å². The molecule has 3 heterocycles. The van der Waals surface area contributed by atoms with Gasteiger partial charge in [-0.25, -0.2) is 9.07 Å². The van der Waals surface area contributed by atoms with Crippen molar-refractivity contribution in [1.82, 2.24) is 19.9 Å². The number of rotatable bonds is 3. The van der Waals surface area contributed by atoms with Crippen LogP contribution in [0.15, 0.2) is 24.4 Å². The van der Waals surface area contributed by atoms with Gasteiger partial charge in [0.2, 0.25) is 5.91 Å². The number of hydrogen-bond acceptors (Lipinski definition) is 3. The van der Waals surface area contributed by atoms with Crippen molar-refractivity contribution >= 4 is 17.5 Å². The number of amides is 1. The molecule has 1 aromatic heterocycles. The van der Waals surface area contributed by atoms with Crippen LogP contribution in [0.1, 0.15) is 63.8 Å². The lowest BCUT2D eigenvalue weighted by molar-refractivity contribution is -0.135. The molecule has 150 valence electrons. The summed E-state index contributed by atoms with van der Waals surface area (Å²) in [5.41, 5.74) is 1.24. The predicted octanol–water partition coefficient (Wildman–Crippen LogP) is 4.31. The van der Waals surface area contributed by atoms with Gasteiger partial charge >= 0.3 is 0 Å². The van der Waals surface area contributed by atoms with E-state index in [0.717, 1.165) is 31.4 Å². The molecule has 0 saturated carbocycles. The molecule has 28 heavy (non-hydrogen) atoms. The van der Waals surface area contributed by atoms with E-state index in [0.29, 0.717) is 10.6 Å². The fourth-order valence-corrected chi connectivity index (χ4v) is 4.74. The lowest BCUT2D eigenvalue weighted by Crippen LogP contribution is -2.47. The summed E-state index contributed by atoms with van der Waals surface area (Å²) in [4.78, 5) is 15.0. The van der Waals surface area contributed by atoms with Crippen molar-refractivity contribution in [1.29, 1.82) is 0 Å². The summed E-state index contributed by atoms with van der Waals surface area (Å²) in [6.07, 6.45) is 5.75. The predicted molar refractivity (Wildman–Crippen MR) is 106 cm³/mol. The first-order valence-corrected chi connectivity index (χ1v) is 10.3. The summed E-state index contributed by atoms with van der Waals surface area (Å²) in [6.45, 7) is 6.38. The monoisotopic (exact) mass is 404 g/mol. The zero-order valence-corrected chi connectivity index (χ0v) is 17.3. The van der Waals surface area contributed by atoms with E-state index in [4.69, 9.17) is 11.6 Å². The van der Waals surface area contributed by atoms with E-state index >= 15 is 0 Å². The van der Waals surface area contributed by atoms with Crippen LogP contribution in [0, 0.1) is 5.82 Å². The molecule has 2 aromatic rings. The normalized spacial score (nSPS) is 24.6. The third-order valence-corrected chi connectivity index (χ3v) is 6.39. The fraction of sp³-hybridized carbons (Fsp3) is 0.571. The largest absolute Gasteiger partial charge is 0.336 e. The van der Waals surface area contributed by atoms with Crippen molar-refractivity contribution in [3.05, 3.63) is 46.5 Å². The zero-order valence-electron chi connectivity index (χ0n) is 16.5. The average Bonchev–Trinajstić information content (AvgIpc) is 3.21. The van der Waals surface area contributed by atoms with Crippen LogP contribution in [0.25, 0.3) is 0 Å². The summed E-state index contributed by atoms with van der Waals surface area (Å²) in [5.74, 6) is -0.452. The minimum Gasteiger partial charge on any atom is -0.336 e. The molecule has 0 aliphatic carbocycles. The van der Waals surface area contributed by atoms with Crippen LogP contribution in [0.3, 0.4) is 0 Å². The molecule has 2 aliphatic heterocycles. The smallest absolute Gasteiger partial charge is 0.227 e. The Morgan fingerprint density at radius 2 is 1.89 bits per heavy atom. The van der Waals surface area contributed by atoms with Crippen molar-refractivity contribution < 1.29 is 9.18 Å². The van der Waals surface area contributed by atoms with Crippen molar-refractivity contribution in [2.45, 2.75) is 76.4 Å². The maximum atomic E-state index is 14.1. The van der Waals surface area contributed by atoms with Crippen molar-refractivity contribution in [3.63, 3.8) is 0 Å². The zero-order chi connectivity index (χ0) is 20.1. The van der Waals surface area contributed by atoms with Crippen LogP contribution in [0.5, 0.6) is 0 Å². The standard InChI is InChI=1S/C21H26ClFN4O/c1-21(2,3)19-12-26(25-24-19)15-9-13-7-8-14(10-15)27(13)20(28)11-16-17(22)5-4-6-18(16)23/h4-6,12-15H,7-11H2,1-3H3. The molecule has 1 aromatic carbocycles. The highest BCUT2D eigenvalue weighted by Gasteiger charge is 2.44. The number of carbonyl (C=O) groups excluding carboxylic acids is 1. The summed E-state index contributed by atoms with van der Waals surface area (Å²) >= 11 is 6.11. The molecular weight excluding hydrogens is 379 g/mol. The Balaban J connectivity index is 1.48. The van der Waals surface area contributed by atoms with Crippen LogP contribution in [0.4, 0.5) is 4.39 Å². The molecular formula is C21H26ClFN4O. The van der Waals surface area contributed by atoms with Crippen LogP contribution >= 0.6 is 11.6 Å². The molecule has 2 atom stereocenters. The molecule has 2 aliphatic rings. The molecule has 0 spiro atoms. The van der Waals surface area contributed by atoms with E-state index in [9.17, 15) is 9.18 Å². The lowest BCUT2D eigenvalue weighted by atomic mass is 9.92. The molecule has 7 heteroatoms. The molecule has 2 unspecified atom stereocenters. The maximum Gasteiger partial charge on any atom is 0.227 e. The maximum absolute atomic E-state index is 14.1. The highest BCUT2D eigenvalue weighted by atomic mass is 35.5. The summed E-state index contributed by atoms with van der Waals surface area (Å²) in [7, 11) is 0. The summed E-state index contributed by atoms with van der Waals surface area (Å²) in [6, 6.07) is 5.14. The van der Waals surface area contributed by atoms with Crippen molar-refractivity contribution in [3.8, 4) is 0 Å². The molecule has 5 nitrogen and oxygen atoms in total. The molecule has 4 rings (SSSR count). The Kier molecular flexibility index (Phi) is 4.94. The van der Waals surface area contributed by atoms with E-state index in [2.05, 4.69) is 31.1 Å². The first-order valence-electron chi connectivity index (χ1n) is 9.90. The molecule has 2 fully saturated rings. The van der Waals surface area contributed by atoms with Gasteiger partial charge in [0, 0.05) is 34.3 Å². The molecule has 1 amide bonds. The number of halogens is 2. The second-order valence-corrected chi connectivity index (χ2v) is 9.43. The van der Waals surface area contributed by atoms with Crippen molar-refractivity contribution in [2.75, 3.05) is 0 Å². The van der Waals surface area contributed by atoms with Crippen LogP contribution < -0.4 is 0 Å². The first kappa shape index (κ1) is 19.4. The van der Waals surface area contributed by atoms with Crippen LogP contribution in [0.2, 0.25) is 5.02 Å². The Morgan fingerprint density at radius 3 is 2.46 bits per heavy atom. The summed E-state index contributed by atoms with van der Waals surface area (Å²) in [5, 5.41) is 9.01. The van der Waals surface area contributed by atoms with Gasteiger partial charge in [0.05, 0.1) is 18.2 Å². The van der Waals surface area contributed by atoms with E-state index in [-0.39, 0.29) is 35.9 Å². The van der Waals surface area contributed by atoms with Gasteiger partial charge in [0.1, 0.15) is 5.82 Å². The van der Waals surface area contributed by atoms with Gasteiger partial charge in [-0.15, -0.1) is 5.10 Å². The number of nitrogens with zero attached hydrogens (tertiary/aromatic N) is 4. The van der Waals surface area contributed by atoms with Gasteiger partial charge in [-0.1, -0.05) is 43.7 Å².